The maximum Gasteiger partial charge on any atom is 0.341 e. The van der Waals surface area contributed by atoms with E-state index < -0.39 is 28.9 Å². The number of hydrogen-bond acceptors (Lipinski definition) is 7. The lowest BCUT2D eigenvalue weighted by Gasteiger charge is -2.18. The molecule has 248 valence electrons. The number of carbonyl (C=O) groups excluding carboxylic acids is 4. The molecular weight excluding hydrogens is 650 g/mol. The van der Waals surface area contributed by atoms with E-state index in [4.69, 9.17) is 4.74 Å². The lowest BCUT2D eigenvalue weighted by atomic mass is 9.88. The highest BCUT2D eigenvalue weighted by molar-refractivity contribution is 8.00. The molecule has 0 fully saturated rings. The van der Waals surface area contributed by atoms with Gasteiger partial charge in [-0.3, -0.25) is 14.4 Å². The van der Waals surface area contributed by atoms with Crippen LogP contribution in [0.25, 0.3) is 6.08 Å². The molecular formula is C37H36FN3O5S2. The fourth-order valence-corrected chi connectivity index (χ4v) is 7.76. The van der Waals surface area contributed by atoms with Crippen molar-refractivity contribution in [2.24, 2.45) is 5.92 Å². The number of halogens is 1. The van der Waals surface area contributed by atoms with E-state index in [2.05, 4.69) is 22.9 Å². The molecule has 1 aliphatic carbocycles. The molecule has 11 heteroatoms. The van der Waals surface area contributed by atoms with Gasteiger partial charge < -0.3 is 20.7 Å². The summed E-state index contributed by atoms with van der Waals surface area (Å²) >= 11 is 2.78. The van der Waals surface area contributed by atoms with Crippen molar-refractivity contribution in [2.45, 2.75) is 49.7 Å². The molecule has 3 N–H and O–H groups in total. The second-order valence-electron chi connectivity index (χ2n) is 11.5. The van der Waals surface area contributed by atoms with Crippen molar-refractivity contribution in [1.29, 1.82) is 0 Å². The third-order valence-electron chi connectivity index (χ3n) is 7.88. The molecule has 3 aromatic carbocycles. The van der Waals surface area contributed by atoms with E-state index in [-0.39, 0.29) is 11.6 Å². The van der Waals surface area contributed by atoms with E-state index in [0.29, 0.717) is 39.7 Å². The fraction of sp³-hybridized carbons (Fsp3) is 0.243. The third kappa shape index (κ3) is 8.59. The Bertz CT molecular complexity index is 1840. The molecule has 2 unspecified atom stereocenters. The molecule has 0 aliphatic heterocycles. The molecule has 0 bridgehead atoms. The van der Waals surface area contributed by atoms with Gasteiger partial charge in [0.05, 0.1) is 17.9 Å². The Labute approximate surface area is 287 Å². The van der Waals surface area contributed by atoms with Gasteiger partial charge in [-0.25, -0.2) is 9.18 Å². The van der Waals surface area contributed by atoms with E-state index in [9.17, 15) is 23.6 Å². The van der Waals surface area contributed by atoms with E-state index in [1.54, 1.807) is 48.5 Å². The summed E-state index contributed by atoms with van der Waals surface area (Å²) in [4.78, 5) is 54.6. The van der Waals surface area contributed by atoms with Gasteiger partial charge in [0.15, 0.2) is 0 Å². The Morgan fingerprint density at radius 2 is 1.77 bits per heavy atom. The summed E-state index contributed by atoms with van der Waals surface area (Å²) in [6, 6.07) is 21.1. The lowest BCUT2D eigenvalue weighted by molar-refractivity contribution is -0.116. The van der Waals surface area contributed by atoms with Crippen LogP contribution in [0.2, 0.25) is 0 Å². The first-order valence-corrected chi connectivity index (χ1v) is 17.3. The maximum absolute atomic E-state index is 13.5. The zero-order valence-electron chi connectivity index (χ0n) is 26.8. The van der Waals surface area contributed by atoms with E-state index >= 15 is 0 Å². The minimum Gasteiger partial charge on any atom is -0.465 e. The summed E-state index contributed by atoms with van der Waals surface area (Å²) in [5, 5.41) is 8.54. The maximum atomic E-state index is 13.5. The van der Waals surface area contributed by atoms with Gasteiger partial charge in [-0.2, -0.15) is 0 Å². The molecule has 4 aromatic rings. The first-order valence-electron chi connectivity index (χ1n) is 15.6. The van der Waals surface area contributed by atoms with Crippen molar-refractivity contribution < 1.29 is 28.3 Å². The zero-order valence-corrected chi connectivity index (χ0v) is 28.4. The molecule has 1 aliphatic rings. The minimum atomic E-state index is -0.582. The first kappa shape index (κ1) is 34.6. The molecule has 1 aromatic heterocycles. The molecule has 8 nitrogen and oxygen atoms in total. The zero-order chi connectivity index (χ0) is 34.2. The molecule has 0 spiro atoms. The van der Waals surface area contributed by atoms with Gasteiger partial charge in [-0.15, -0.1) is 23.1 Å². The van der Waals surface area contributed by atoms with Crippen LogP contribution in [0.4, 0.5) is 15.1 Å². The van der Waals surface area contributed by atoms with Crippen LogP contribution in [-0.4, -0.2) is 36.1 Å². The summed E-state index contributed by atoms with van der Waals surface area (Å²) in [5.41, 5.74) is 2.73. The average Bonchev–Trinajstić information content (AvgIpc) is 3.44. The number of nitrogens with one attached hydrogen (secondary N) is 3. The molecule has 1 heterocycles. The monoisotopic (exact) mass is 685 g/mol. The van der Waals surface area contributed by atoms with Gasteiger partial charge in [-0.1, -0.05) is 50.2 Å². The summed E-state index contributed by atoms with van der Waals surface area (Å²) in [6.45, 7) is 4.09. The SMILES string of the molecule is CCC(Sc1cccc(NC(=O)/C(=C\c2ccc(F)cc2)NC(=O)c2ccccc2)c1)C(=O)Nc1sc2c(c1C(=O)OC)CCC(C)C2. The quantitative estimate of drug-likeness (QED) is 0.0847. The van der Waals surface area contributed by atoms with Gasteiger partial charge in [-0.05, 0) is 91.3 Å². The Kier molecular flexibility index (Phi) is 11.5. The molecule has 3 amide bonds. The van der Waals surface area contributed by atoms with Crippen molar-refractivity contribution in [3.63, 3.8) is 0 Å². The van der Waals surface area contributed by atoms with Crippen molar-refractivity contribution in [3.05, 3.63) is 118 Å². The Morgan fingerprint density at radius 3 is 2.48 bits per heavy atom. The van der Waals surface area contributed by atoms with Crippen molar-refractivity contribution in [3.8, 4) is 0 Å². The highest BCUT2D eigenvalue weighted by atomic mass is 32.2. The van der Waals surface area contributed by atoms with Crippen LogP contribution in [0, 0.1) is 11.7 Å². The normalized spacial score (nSPS) is 14.8. The van der Waals surface area contributed by atoms with Gasteiger partial charge in [0.25, 0.3) is 11.8 Å². The van der Waals surface area contributed by atoms with Crippen LogP contribution in [0.5, 0.6) is 0 Å². The number of anilines is 2. The Morgan fingerprint density at radius 1 is 1.02 bits per heavy atom. The first-order chi connectivity index (χ1) is 23.1. The van der Waals surface area contributed by atoms with Crippen LogP contribution < -0.4 is 16.0 Å². The van der Waals surface area contributed by atoms with Crippen LogP contribution in [-0.2, 0) is 27.2 Å². The van der Waals surface area contributed by atoms with Gasteiger partial charge >= 0.3 is 5.97 Å². The molecule has 0 saturated carbocycles. The van der Waals surface area contributed by atoms with Crippen LogP contribution >= 0.6 is 23.1 Å². The number of benzene rings is 3. The smallest absolute Gasteiger partial charge is 0.341 e. The molecule has 5 rings (SSSR count). The third-order valence-corrected chi connectivity index (χ3v) is 10.4. The van der Waals surface area contributed by atoms with Crippen LogP contribution in [0.15, 0.2) is 89.5 Å². The van der Waals surface area contributed by atoms with Gasteiger partial charge in [0, 0.05) is 21.0 Å². The predicted octanol–water partition coefficient (Wildman–Crippen LogP) is 7.72. The van der Waals surface area contributed by atoms with Crippen LogP contribution in [0.1, 0.15) is 63.4 Å². The number of carbonyl (C=O) groups is 4. The van der Waals surface area contributed by atoms with E-state index in [0.717, 1.165) is 34.6 Å². The van der Waals surface area contributed by atoms with Crippen molar-refractivity contribution in [1.82, 2.24) is 5.32 Å². The molecule has 0 saturated heterocycles. The summed E-state index contributed by atoms with van der Waals surface area (Å²) in [5.74, 6) is -1.66. The number of thiophene rings is 1. The summed E-state index contributed by atoms with van der Waals surface area (Å²) in [7, 11) is 1.35. The highest BCUT2D eigenvalue weighted by Gasteiger charge is 2.30. The Balaban J connectivity index is 1.31. The highest BCUT2D eigenvalue weighted by Crippen LogP contribution is 2.40. The number of fused-ring (bicyclic) bond motifs is 1. The number of amides is 3. The number of hydrogen-bond donors (Lipinski definition) is 3. The van der Waals surface area contributed by atoms with Crippen molar-refractivity contribution >= 4 is 63.6 Å². The van der Waals surface area contributed by atoms with Crippen LogP contribution in [0.3, 0.4) is 0 Å². The number of rotatable bonds is 11. The minimum absolute atomic E-state index is 0.0335. The fourth-order valence-electron chi connectivity index (χ4n) is 5.35. The van der Waals surface area contributed by atoms with Gasteiger partial charge in [0.2, 0.25) is 5.91 Å². The molecule has 48 heavy (non-hydrogen) atoms. The summed E-state index contributed by atoms with van der Waals surface area (Å²) in [6.07, 6.45) is 4.59. The number of ether oxygens (including phenoxy) is 1. The molecule has 2 atom stereocenters. The average molecular weight is 686 g/mol. The largest absolute Gasteiger partial charge is 0.465 e. The predicted molar refractivity (Wildman–Crippen MR) is 189 cm³/mol. The standard InChI is InChI=1S/C37H36FN3O5S2/c1-4-30(35(44)41-36-32(37(45)46-3)28-18-13-22(2)19-31(28)48-36)47-27-12-8-11-26(21-27)39-34(43)29(20-23-14-16-25(38)17-15-23)40-33(42)24-9-6-5-7-10-24/h5-12,14-17,20-22,30H,4,13,18-19H2,1-3H3,(H,39,43)(H,40,42)(H,41,44)/b29-20+. The summed E-state index contributed by atoms with van der Waals surface area (Å²) < 4.78 is 18.6. The second kappa shape index (κ2) is 15.9. The Hall–Kier alpha value is -4.74. The van der Waals surface area contributed by atoms with Gasteiger partial charge in [0.1, 0.15) is 16.5 Å². The van der Waals surface area contributed by atoms with E-state index in [1.165, 1.54) is 60.5 Å². The number of thioether (sulfide) groups is 1. The number of methoxy groups -OCH3 is 1. The molecule has 0 radical (unpaired) electrons. The lowest BCUT2D eigenvalue weighted by Crippen LogP contribution is -2.30. The second-order valence-corrected chi connectivity index (χ2v) is 13.8. The topological polar surface area (TPSA) is 114 Å². The number of esters is 1. The van der Waals surface area contributed by atoms with E-state index in [1.807, 2.05) is 13.0 Å². The van der Waals surface area contributed by atoms with Crippen molar-refractivity contribution in [2.75, 3.05) is 17.7 Å².